The molecule has 0 saturated heterocycles. The van der Waals surface area contributed by atoms with Crippen LogP contribution in [0.1, 0.15) is 36.5 Å². The smallest absolute Gasteiger partial charge is 0.243 e. The minimum absolute atomic E-state index is 0.0564. The number of nitrogens with one attached hydrogen (secondary N) is 1. The highest BCUT2D eigenvalue weighted by atomic mass is 16.7. The highest BCUT2D eigenvalue weighted by Gasteiger charge is 2.30. The summed E-state index contributed by atoms with van der Waals surface area (Å²) in [5.74, 6) is 1.25. The normalized spacial score (nSPS) is 12.7. The molecule has 1 aliphatic rings. The van der Waals surface area contributed by atoms with Crippen LogP contribution in [0.3, 0.4) is 0 Å². The van der Waals surface area contributed by atoms with Gasteiger partial charge in [-0.25, -0.2) is 0 Å². The number of ether oxygens (including phenoxy) is 2. The van der Waals surface area contributed by atoms with Crippen molar-refractivity contribution in [3.05, 3.63) is 95.6 Å². The molecule has 6 nitrogen and oxygen atoms in total. The molecule has 1 aliphatic heterocycles. The van der Waals surface area contributed by atoms with Crippen molar-refractivity contribution in [1.82, 2.24) is 10.2 Å². The quantitative estimate of drug-likeness (QED) is 0.446. The van der Waals surface area contributed by atoms with Crippen LogP contribution in [0.5, 0.6) is 11.5 Å². The summed E-state index contributed by atoms with van der Waals surface area (Å²) in [4.78, 5) is 28.7. The molecular weight excluding hydrogens is 440 g/mol. The van der Waals surface area contributed by atoms with Crippen molar-refractivity contribution in [3.8, 4) is 11.5 Å². The Morgan fingerprint density at radius 1 is 0.886 bits per heavy atom. The van der Waals surface area contributed by atoms with Gasteiger partial charge in [-0.05, 0) is 41.7 Å². The highest BCUT2D eigenvalue weighted by Crippen LogP contribution is 2.32. The summed E-state index contributed by atoms with van der Waals surface area (Å²) in [5.41, 5.74) is 3.01. The van der Waals surface area contributed by atoms with Crippen LogP contribution in [0.15, 0.2) is 78.9 Å². The maximum atomic E-state index is 13.7. The molecule has 4 rings (SSSR count). The second-order valence-corrected chi connectivity index (χ2v) is 8.69. The fraction of sp³-hybridized carbons (Fsp3) is 0.310. The highest BCUT2D eigenvalue weighted by molar-refractivity contribution is 5.88. The standard InChI is InChI=1S/C29H32N2O4/c1-2-17-30-29(33)25(18-22-9-5-3-6-10-22)31(20-24-11-7-4-8-12-24)28(32)16-14-23-13-15-26-27(19-23)35-21-34-26/h3-13,15,19,25H,2,14,16-18,20-21H2,1H3,(H,30,33). The van der Waals surface area contributed by atoms with E-state index in [0.717, 1.165) is 28.9 Å². The number of benzene rings is 3. The molecule has 1 atom stereocenters. The molecule has 0 aromatic heterocycles. The lowest BCUT2D eigenvalue weighted by molar-refractivity contribution is -0.141. The van der Waals surface area contributed by atoms with Gasteiger partial charge in [0, 0.05) is 25.9 Å². The number of carbonyl (C=O) groups excluding carboxylic acids is 2. The van der Waals surface area contributed by atoms with Crippen LogP contribution >= 0.6 is 0 Å². The Balaban J connectivity index is 1.56. The molecule has 0 spiro atoms. The average Bonchev–Trinajstić information content (AvgIpc) is 3.37. The fourth-order valence-electron chi connectivity index (χ4n) is 4.19. The number of hydrogen-bond donors (Lipinski definition) is 1. The molecule has 0 radical (unpaired) electrons. The lowest BCUT2D eigenvalue weighted by atomic mass is 10.0. The Labute approximate surface area is 206 Å². The summed E-state index contributed by atoms with van der Waals surface area (Å²) in [7, 11) is 0. The first-order chi connectivity index (χ1) is 17.1. The molecule has 0 bridgehead atoms. The summed E-state index contributed by atoms with van der Waals surface area (Å²) in [6.45, 7) is 3.19. The van der Waals surface area contributed by atoms with Crippen LogP contribution in [-0.2, 0) is 29.0 Å². The molecule has 3 aromatic rings. The van der Waals surface area contributed by atoms with E-state index in [1.165, 1.54) is 0 Å². The van der Waals surface area contributed by atoms with Gasteiger partial charge in [0.05, 0.1) is 0 Å². The minimum Gasteiger partial charge on any atom is -0.454 e. The first-order valence-electron chi connectivity index (χ1n) is 12.2. The topological polar surface area (TPSA) is 67.9 Å². The van der Waals surface area contributed by atoms with Crippen LogP contribution < -0.4 is 14.8 Å². The molecule has 182 valence electrons. The van der Waals surface area contributed by atoms with Gasteiger partial charge in [0.1, 0.15) is 6.04 Å². The summed E-state index contributed by atoms with van der Waals surface area (Å²) < 4.78 is 10.9. The third-order valence-electron chi connectivity index (χ3n) is 6.08. The van der Waals surface area contributed by atoms with Crippen molar-refractivity contribution < 1.29 is 19.1 Å². The van der Waals surface area contributed by atoms with E-state index in [-0.39, 0.29) is 18.6 Å². The summed E-state index contributed by atoms with van der Waals surface area (Å²) in [6.07, 6.45) is 2.13. The third-order valence-corrected chi connectivity index (χ3v) is 6.08. The van der Waals surface area contributed by atoms with Crippen LogP contribution in [0.4, 0.5) is 0 Å². The molecule has 0 saturated carbocycles. The Bertz CT molecular complexity index is 1120. The van der Waals surface area contributed by atoms with Crippen molar-refractivity contribution in [2.24, 2.45) is 0 Å². The average molecular weight is 473 g/mol. The zero-order valence-corrected chi connectivity index (χ0v) is 20.1. The second kappa shape index (κ2) is 12.1. The monoisotopic (exact) mass is 472 g/mol. The summed E-state index contributed by atoms with van der Waals surface area (Å²) in [5, 5.41) is 3.01. The van der Waals surface area contributed by atoms with E-state index in [1.807, 2.05) is 85.8 Å². The number of carbonyl (C=O) groups is 2. The van der Waals surface area contributed by atoms with E-state index in [4.69, 9.17) is 9.47 Å². The van der Waals surface area contributed by atoms with E-state index in [2.05, 4.69) is 5.32 Å². The molecular formula is C29H32N2O4. The number of hydrogen-bond acceptors (Lipinski definition) is 4. The van der Waals surface area contributed by atoms with E-state index >= 15 is 0 Å². The van der Waals surface area contributed by atoms with Crippen molar-refractivity contribution >= 4 is 11.8 Å². The predicted octanol–water partition coefficient (Wildman–Crippen LogP) is 4.51. The van der Waals surface area contributed by atoms with E-state index in [0.29, 0.717) is 38.1 Å². The Morgan fingerprint density at radius 3 is 2.29 bits per heavy atom. The van der Waals surface area contributed by atoms with Gasteiger partial charge >= 0.3 is 0 Å². The minimum atomic E-state index is -0.603. The van der Waals surface area contributed by atoms with Gasteiger partial charge in [-0.15, -0.1) is 0 Å². The van der Waals surface area contributed by atoms with Gasteiger partial charge < -0.3 is 19.7 Å². The Morgan fingerprint density at radius 2 is 1.57 bits per heavy atom. The van der Waals surface area contributed by atoms with E-state index in [9.17, 15) is 9.59 Å². The molecule has 1 unspecified atom stereocenters. The number of aryl methyl sites for hydroxylation is 1. The van der Waals surface area contributed by atoms with E-state index in [1.54, 1.807) is 4.90 Å². The molecule has 1 N–H and O–H groups in total. The summed E-state index contributed by atoms with van der Waals surface area (Å²) in [6, 6.07) is 24.8. The van der Waals surface area contributed by atoms with Crippen molar-refractivity contribution in [2.45, 2.75) is 45.2 Å². The first-order valence-corrected chi connectivity index (χ1v) is 12.2. The summed E-state index contributed by atoms with van der Waals surface area (Å²) >= 11 is 0. The number of rotatable bonds is 11. The SMILES string of the molecule is CCCNC(=O)C(Cc1ccccc1)N(Cc1ccccc1)C(=O)CCc1ccc2c(c1)OCO2. The number of nitrogens with zero attached hydrogens (tertiary/aromatic N) is 1. The zero-order valence-electron chi connectivity index (χ0n) is 20.1. The van der Waals surface area contributed by atoms with Gasteiger partial charge in [-0.2, -0.15) is 0 Å². The number of amides is 2. The first kappa shape index (κ1) is 24.3. The Kier molecular flexibility index (Phi) is 8.39. The fourth-order valence-corrected chi connectivity index (χ4v) is 4.19. The lowest BCUT2D eigenvalue weighted by Crippen LogP contribution is -2.50. The number of fused-ring (bicyclic) bond motifs is 1. The molecule has 3 aromatic carbocycles. The van der Waals surface area contributed by atoms with Crippen LogP contribution in [0.25, 0.3) is 0 Å². The molecule has 6 heteroatoms. The zero-order chi connectivity index (χ0) is 24.5. The maximum absolute atomic E-state index is 13.7. The van der Waals surface area contributed by atoms with Crippen LogP contribution in [-0.4, -0.2) is 36.1 Å². The molecule has 2 amide bonds. The molecule has 1 heterocycles. The molecule has 0 aliphatic carbocycles. The van der Waals surface area contributed by atoms with Gasteiger partial charge in [0.15, 0.2) is 11.5 Å². The van der Waals surface area contributed by atoms with Gasteiger partial charge in [0.2, 0.25) is 18.6 Å². The van der Waals surface area contributed by atoms with E-state index < -0.39 is 6.04 Å². The van der Waals surface area contributed by atoms with Gasteiger partial charge in [-0.3, -0.25) is 9.59 Å². The van der Waals surface area contributed by atoms with Gasteiger partial charge in [0.25, 0.3) is 0 Å². The van der Waals surface area contributed by atoms with Crippen LogP contribution in [0.2, 0.25) is 0 Å². The molecule has 35 heavy (non-hydrogen) atoms. The van der Waals surface area contributed by atoms with Crippen molar-refractivity contribution in [1.29, 1.82) is 0 Å². The molecule has 0 fully saturated rings. The third kappa shape index (κ3) is 6.63. The predicted molar refractivity (Wildman–Crippen MR) is 135 cm³/mol. The van der Waals surface area contributed by atoms with Crippen molar-refractivity contribution in [2.75, 3.05) is 13.3 Å². The maximum Gasteiger partial charge on any atom is 0.243 e. The second-order valence-electron chi connectivity index (χ2n) is 8.69. The lowest BCUT2D eigenvalue weighted by Gasteiger charge is -2.31. The van der Waals surface area contributed by atoms with Crippen LogP contribution in [0, 0.1) is 0 Å². The Hall–Kier alpha value is -3.80. The largest absolute Gasteiger partial charge is 0.454 e. The van der Waals surface area contributed by atoms with Crippen molar-refractivity contribution in [3.63, 3.8) is 0 Å². The van der Waals surface area contributed by atoms with Gasteiger partial charge in [-0.1, -0.05) is 73.7 Å².